The molecule has 1 aromatic carbocycles. The van der Waals surface area contributed by atoms with E-state index in [2.05, 4.69) is 11.4 Å². The first-order valence-corrected chi connectivity index (χ1v) is 6.74. The molecule has 1 aliphatic carbocycles. The molecule has 1 aliphatic rings. The summed E-state index contributed by atoms with van der Waals surface area (Å²) in [7, 11) is 0. The molecule has 4 heteroatoms. The van der Waals surface area contributed by atoms with Gasteiger partial charge in [0.15, 0.2) is 11.2 Å². The highest BCUT2D eigenvalue weighted by Gasteiger charge is 2.16. The zero-order valence-electron chi connectivity index (χ0n) is 11.0. The Balaban J connectivity index is 1.89. The van der Waals surface area contributed by atoms with Crippen LogP contribution in [0.3, 0.4) is 0 Å². The highest BCUT2D eigenvalue weighted by Crippen LogP contribution is 2.13. The van der Waals surface area contributed by atoms with Crippen molar-refractivity contribution in [3.63, 3.8) is 0 Å². The van der Waals surface area contributed by atoms with Crippen molar-refractivity contribution in [3.8, 4) is 0 Å². The second-order valence-electron chi connectivity index (χ2n) is 4.91. The van der Waals surface area contributed by atoms with Gasteiger partial charge >= 0.3 is 0 Å². The van der Waals surface area contributed by atoms with Crippen molar-refractivity contribution >= 4 is 16.9 Å². The van der Waals surface area contributed by atoms with E-state index in [9.17, 15) is 9.59 Å². The highest BCUT2D eigenvalue weighted by molar-refractivity contribution is 5.93. The summed E-state index contributed by atoms with van der Waals surface area (Å²) in [5, 5.41) is 3.36. The van der Waals surface area contributed by atoms with E-state index in [1.54, 1.807) is 24.3 Å². The summed E-state index contributed by atoms with van der Waals surface area (Å²) in [6, 6.07) is 8.20. The van der Waals surface area contributed by atoms with E-state index in [4.69, 9.17) is 4.42 Å². The molecular formula is C16H15NO3. The molecule has 3 rings (SSSR count). The molecule has 1 unspecified atom stereocenters. The van der Waals surface area contributed by atoms with Crippen molar-refractivity contribution < 1.29 is 9.21 Å². The topological polar surface area (TPSA) is 59.3 Å². The van der Waals surface area contributed by atoms with Gasteiger partial charge in [0.25, 0.3) is 5.91 Å². The van der Waals surface area contributed by atoms with Crippen molar-refractivity contribution in [2.24, 2.45) is 0 Å². The lowest BCUT2D eigenvalue weighted by Gasteiger charge is -2.17. The van der Waals surface area contributed by atoms with Gasteiger partial charge in [-0.25, -0.2) is 0 Å². The molecule has 0 aliphatic heterocycles. The third kappa shape index (κ3) is 2.50. The number of hydrogen-bond acceptors (Lipinski definition) is 3. The van der Waals surface area contributed by atoms with Gasteiger partial charge in [-0.15, -0.1) is 0 Å². The van der Waals surface area contributed by atoms with Crippen molar-refractivity contribution in [2.75, 3.05) is 0 Å². The van der Waals surface area contributed by atoms with E-state index in [1.807, 2.05) is 6.08 Å². The second-order valence-corrected chi connectivity index (χ2v) is 4.91. The van der Waals surface area contributed by atoms with Crippen molar-refractivity contribution in [2.45, 2.75) is 25.3 Å². The average molecular weight is 269 g/mol. The average Bonchev–Trinajstić information content (AvgIpc) is 2.48. The molecule has 0 saturated heterocycles. The van der Waals surface area contributed by atoms with Crippen LogP contribution in [0.5, 0.6) is 0 Å². The van der Waals surface area contributed by atoms with Crippen LogP contribution < -0.4 is 10.7 Å². The number of para-hydroxylation sites is 1. The summed E-state index contributed by atoms with van der Waals surface area (Å²) in [6.07, 6.45) is 7.08. The van der Waals surface area contributed by atoms with Crippen LogP contribution in [0.1, 0.15) is 29.8 Å². The summed E-state index contributed by atoms with van der Waals surface area (Å²) in [4.78, 5) is 24.1. The predicted molar refractivity (Wildman–Crippen MR) is 76.7 cm³/mol. The zero-order chi connectivity index (χ0) is 13.9. The quantitative estimate of drug-likeness (QED) is 0.853. The maximum absolute atomic E-state index is 12.1. The fourth-order valence-corrected chi connectivity index (χ4v) is 2.39. The van der Waals surface area contributed by atoms with Crippen LogP contribution in [-0.2, 0) is 0 Å². The smallest absolute Gasteiger partial charge is 0.287 e. The molecule has 1 aromatic heterocycles. The number of carbonyl (C=O) groups is 1. The van der Waals surface area contributed by atoms with Gasteiger partial charge in [0.2, 0.25) is 0 Å². The molecule has 4 nitrogen and oxygen atoms in total. The van der Waals surface area contributed by atoms with Gasteiger partial charge in [-0.05, 0) is 31.4 Å². The summed E-state index contributed by atoms with van der Waals surface area (Å²) in [5.41, 5.74) is 0.237. The van der Waals surface area contributed by atoms with Gasteiger partial charge < -0.3 is 9.73 Å². The van der Waals surface area contributed by atoms with Crippen LogP contribution >= 0.6 is 0 Å². The van der Waals surface area contributed by atoms with Crippen LogP contribution in [0.4, 0.5) is 0 Å². The highest BCUT2D eigenvalue weighted by atomic mass is 16.3. The number of rotatable bonds is 2. The Hall–Kier alpha value is -2.36. The van der Waals surface area contributed by atoms with Crippen LogP contribution in [0.2, 0.25) is 0 Å². The molecule has 0 fully saturated rings. The zero-order valence-corrected chi connectivity index (χ0v) is 11.0. The Bertz CT molecular complexity index is 730. The number of benzene rings is 1. The Labute approximate surface area is 116 Å². The van der Waals surface area contributed by atoms with Crippen molar-refractivity contribution in [1.29, 1.82) is 0 Å². The van der Waals surface area contributed by atoms with E-state index in [-0.39, 0.29) is 23.1 Å². The SMILES string of the molecule is O=C(NC1C=CCCC1)c1cc(=O)c2ccccc2o1. The van der Waals surface area contributed by atoms with E-state index < -0.39 is 0 Å². The maximum atomic E-state index is 12.1. The van der Waals surface area contributed by atoms with Gasteiger partial charge in [-0.2, -0.15) is 0 Å². The molecule has 1 atom stereocenters. The first-order valence-electron chi connectivity index (χ1n) is 6.74. The molecule has 102 valence electrons. The van der Waals surface area contributed by atoms with Gasteiger partial charge in [-0.3, -0.25) is 9.59 Å². The lowest BCUT2D eigenvalue weighted by atomic mass is 10.0. The fraction of sp³-hybridized carbons (Fsp3) is 0.250. The summed E-state index contributed by atoms with van der Waals surface area (Å²) >= 11 is 0. The van der Waals surface area contributed by atoms with E-state index in [1.165, 1.54) is 6.07 Å². The minimum atomic E-state index is -0.343. The summed E-state index contributed by atoms with van der Waals surface area (Å²) < 4.78 is 5.51. The van der Waals surface area contributed by atoms with Crippen LogP contribution in [-0.4, -0.2) is 11.9 Å². The van der Waals surface area contributed by atoms with E-state index in [0.29, 0.717) is 11.0 Å². The third-order valence-electron chi connectivity index (χ3n) is 3.43. The number of carbonyl (C=O) groups excluding carboxylic acids is 1. The largest absolute Gasteiger partial charge is 0.451 e. The lowest BCUT2D eigenvalue weighted by Crippen LogP contribution is -2.34. The Morgan fingerprint density at radius 2 is 2.15 bits per heavy atom. The molecule has 1 N–H and O–H groups in total. The number of fused-ring (bicyclic) bond motifs is 1. The van der Waals surface area contributed by atoms with Gasteiger partial charge in [0.1, 0.15) is 5.58 Å². The van der Waals surface area contributed by atoms with Gasteiger partial charge in [0, 0.05) is 12.1 Å². The van der Waals surface area contributed by atoms with Crippen LogP contribution in [0.15, 0.2) is 51.7 Å². The maximum Gasteiger partial charge on any atom is 0.287 e. The first-order chi connectivity index (χ1) is 9.74. The predicted octanol–water partition coefficient (Wildman–Crippen LogP) is 2.63. The fourth-order valence-electron chi connectivity index (χ4n) is 2.39. The molecule has 0 radical (unpaired) electrons. The molecule has 0 saturated carbocycles. The van der Waals surface area contributed by atoms with E-state index in [0.717, 1.165) is 19.3 Å². The van der Waals surface area contributed by atoms with Crippen molar-refractivity contribution in [1.82, 2.24) is 5.32 Å². The summed E-state index contributed by atoms with van der Waals surface area (Å²) in [5.74, 6) is -0.280. The van der Waals surface area contributed by atoms with Gasteiger partial charge in [-0.1, -0.05) is 24.3 Å². The number of amides is 1. The Kier molecular flexibility index (Phi) is 3.37. The molecule has 0 spiro atoms. The monoisotopic (exact) mass is 269 g/mol. The number of hydrogen-bond donors (Lipinski definition) is 1. The van der Waals surface area contributed by atoms with Crippen LogP contribution in [0, 0.1) is 0 Å². The third-order valence-corrected chi connectivity index (χ3v) is 3.43. The first kappa shape index (κ1) is 12.7. The standard InChI is InChI=1S/C16H15NO3/c18-13-10-15(20-14-9-5-4-8-12(13)14)16(19)17-11-6-2-1-3-7-11/h2,4-6,8-11H,1,3,7H2,(H,17,19). The molecule has 1 heterocycles. The Morgan fingerprint density at radius 1 is 1.30 bits per heavy atom. The van der Waals surface area contributed by atoms with E-state index >= 15 is 0 Å². The normalized spacial score (nSPS) is 18.1. The van der Waals surface area contributed by atoms with Gasteiger partial charge in [0.05, 0.1) is 5.39 Å². The second kappa shape index (κ2) is 5.33. The molecule has 1 amide bonds. The van der Waals surface area contributed by atoms with Crippen LogP contribution in [0.25, 0.3) is 11.0 Å². The van der Waals surface area contributed by atoms with Crippen molar-refractivity contribution in [3.05, 3.63) is 58.5 Å². The molecule has 0 bridgehead atoms. The molecule has 20 heavy (non-hydrogen) atoms. The summed E-state index contributed by atoms with van der Waals surface area (Å²) in [6.45, 7) is 0. The Morgan fingerprint density at radius 3 is 2.95 bits per heavy atom. The number of nitrogens with one attached hydrogen (secondary N) is 1. The molecular weight excluding hydrogens is 254 g/mol. The lowest BCUT2D eigenvalue weighted by molar-refractivity contribution is 0.0914. The number of allylic oxidation sites excluding steroid dienone is 1. The minimum absolute atomic E-state index is 0.0213. The minimum Gasteiger partial charge on any atom is -0.451 e. The molecule has 2 aromatic rings.